The van der Waals surface area contributed by atoms with Crippen LogP contribution in [0.2, 0.25) is 0 Å². The summed E-state index contributed by atoms with van der Waals surface area (Å²) < 4.78 is 7.36. The summed E-state index contributed by atoms with van der Waals surface area (Å²) in [5.41, 5.74) is 4.79. The van der Waals surface area contributed by atoms with E-state index in [1.54, 1.807) is 16.2 Å². The number of aryl methyl sites for hydroxylation is 2. The number of thiophene rings is 1. The Bertz CT molecular complexity index is 927. The van der Waals surface area contributed by atoms with E-state index in [0.29, 0.717) is 19.7 Å². The predicted molar refractivity (Wildman–Crippen MR) is 110 cm³/mol. The minimum absolute atomic E-state index is 0.207. The molecule has 0 saturated carbocycles. The maximum absolute atomic E-state index is 11.5. The van der Waals surface area contributed by atoms with Gasteiger partial charge in [-0.05, 0) is 37.8 Å². The molecule has 0 aromatic carbocycles. The first-order valence-electron chi connectivity index (χ1n) is 9.17. The number of amides is 1. The number of nitrogens with zero attached hydrogens (tertiary/aromatic N) is 3. The Morgan fingerprint density at radius 2 is 2.11 bits per heavy atom. The summed E-state index contributed by atoms with van der Waals surface area (Å²) in [6, 6.07) is 6.54. The largest absolute Gasteiger partial charge is 0.448 e. The standard InChI is InChI=1S/C20H23N3O2S2/c1-14-12-17(15(2)23(14)8-5-16-4-3-11-26-16)18-13-27-19(21-18)6-7-22-9-10-25-20(22)24/h3-4,11-13H,5-10H2,1-2H3. The molecule has 0 unspecified atom stereocenters. The normalized spacial score (nSPS) is 14.1. The minimum atomic E-state index is -0.207. The van der Waals surface area contributed by atoms with Crippen molar-refractivity contribution in [1.29, 1.82) is 0 Å². The molecule has 4 heterocycles. The van der Waals surface area contributed by atoms with Crippen LogP contribution in [0.25, 0.3) is 11.3 Å². The Kier molecular flexibility index (Phi) is 5.31. The fourth-order valence-electron chi connectivity index (χ4n) is 3.49. The summed E-state index contributed by atoms with van der Waals surface area (Å²) in [5, 5.41) is 5.32. The number of carbonyl (C=O) groups excluding carboxylic acids is 1. The van der Waals surface area contributed by atoms with Gasteiger partial charge in [0.2, 0.25) is 0 Å². The quantitative estimate of drug-likeness (QED) is 0.584. The molecule has 1 aliphatic heterocycles. The van der Waals surface area contributed by atoms with Crippen LogP contribution >= 0.6 is 22.7 Å². The van der Waals surface area contributed by atoms with E-state index in [4.69, 9.17) is 9.72 Å². The van der Waals surface area contributed by atoms with Crippen LogP contribution in [0.15, 0.2) is 29.0 Å². The van der Waals surface area contributed by atoms with Gasteiger partial charge in [0.25, 0.3) is 0 Å². The van der Waals surface area contributed by atoms with Gasteiger partial charge in [0.15, 0.2) is 0 Å². The van der Waals surface area contributed by atoms with Gasteiger partial charge < -0.3 is 14.2 Å². The van der Waals surface area contributed by atoms with Crippen LogP contribution in [-0.4, -0.2) is 40.2 Å². The third-order valence-electron chi connectivity index (χ3n) is 5.00. The lowest BCUT2D eigenvalue weighted by molar-refractivity contribution is 0.159. The van der Waals surface area contributed by atoms with E-state index in [-0.39, 0.29) is 6.09 Å². The number of hydrogen-bond acceptors (Lipinski definition) is 5. The summed E-state index contributed by atoms with van der Waals surface area (Å²) in [6.07, 6.45) is 1.62. The SMILES string of the molecule is Cc1cc(-c2csc(CCN3CCOC3=O)n2)c(C)n1CCc1cccs1. The van der Waals surface area contributed by atoms with Crippen molar-refractivity contribution in [1.82, 2.24) is 14.5 Å². The van der Waals surface area contributed by atoms with Crippen molar-refractivity contribution >= 4 is 28.8 Å². The van der Waals surface area contributed by atoms with Gasteiger partial charge >= 0.3 is 6.09 Å². The van der Waals surface area contributed by atoms with Crippen LogP contribution in [0.1, 0.15) is 21.3 Å². The van der Waals surface area contributed by atoms with Gasteiger partial charge in [0, 0.05) is 46.7 Å². The molecule has 0 aliphatic carbocycles. The average Bonchev–Trinajstić information content (AvgIpc) is 3.42. The van der Waals surface area contributed by atoms with Crippen molar-refractivity contribution in [3.63, 3.8) is 0 Å². The highest BCUT2D eigenvalue weighted by Gasteiger charge is 2.22. The summed E-state index contributed by atoms with van der Waals surface area (Å²) in [5.74, 6) is 0. The summed E-state index contributed by atoms with van der Waals surface area (Å²) in [6.45, 7) is 7.19. The molecule has 3 aromatic rings. The number of carbonyl (C=O) groups is 1. The van der Waals surface area contributed by atoms with Crippen molar-refractivity contribution < 1.29 is 9.53 Å². The van der Waals surface area contributed by atoms with Gasteiger partial charge in [-0.2, -0.15) is 0 Å². The average molecular weight is 402 g/mol. The van der Waals surface area contributed by atoms with Crippen molar-refractivity contribution in [2.75, 3.05) is 19.7 Å². The highest BCUT2D eigenvalue weighted by molar-refractivity contribution is 7.10. The van der Waals surface area contributed by atoms with Crippen molar-refractivity contribution in [3.05, 3.63) is 50.2 Å². The van der Waals surface area contributed by atoms with Gasteiger partial charge in [-0.1, -0.05) is 6.07 Å². The fourth-order valence-corrected chi connectivity index (χ4v) is 4.98. The molecule has 7 heteroatoms. The highest BCUT2D eigenvalue weighted by Crippen LogP contribution is 2.29. The van der Waals surface area contributed by atoms with E-state index in [2.05, 4.69) is 47.4 Å². The highest BCUT2D eigenvalue weighted by atomic mass is 32.1. The molecule has 142 valence electrons. The first-order valence-corrected chi connectivity index (χ1v) is 10.9. The second kappa shape index (κ2) is 7.86. The zero-order chi connectivity index (χ0) is 18.8. The zero-order valence-electron chi connectivity index (χ0n) is 15.6. The Hall–Kier alpha value is -2.12. The number of hydrogen-bond donors (Lipinski definition) is 0. The van der Waals surface area contributed by atoms with Gasteiger partial charge in [0.1, 0.15) is 6.61 Å². The van der Waals surface area contributed by atoms with Gasteiger partial charge in [-0.3, -0.25) is 0 Å². The second-order valence-corrected chi connectivity index (χ2v) is 8.72. The first-order chi connectivity index (χ1) is 13.1. The topological polar surface area (TPSA) is 47.4 Å². The number of aromatic nitrogens is 2. The van der Waals surface area contributed by atoms with Crippen molar-refractivity contribution in [2.24, 2.45) is 0 Å². The Labute approximate surface area is 167 Å². The number of cyclic esters (lactones) is 1. The molecule has 0 bridgehead atoms. The van der Waals surface area contributed by atoms with Crippen molar-refractivity contribution in [2.45, 2.75) is 33.2 Å². The van der Waals surface area contributed by atoms with Crippen LogP contribution in [0, 0.1) is 13.8 Å². The van der Waals surface area contributed by atoms with Crippen LogP contribution in [0.3, 0.4) is 0 Å². The molecule has 5 nitrogen and oxygen atoms in total. The molecule has 4 rings (SSSR count). The van der Waals surface area contributed by atoms with E-state index >= 15 is 0 Å². The molecular weight excluding hydrogens is 378 g/mol. The lowest BCUT2D eigenvalue weighted by Crippen LogP contribution is -2.26. The predicted octanol–water partition coefficient (Wildman–Crippen LogP) is 4.53. The number of thiazole rings is 1. The summed E-state index contributed by atoms with van der Waals surface area (Å²) in [7, 11) is 0. The van der Waals surface area contributed by atoms with E-state index in [1.165, 1.54) is 21.8 Å². The third-order valence-corrected chi connectivity index (χ3v) is 6.85. The molecule has 0 spiro atoms. The summed E-state index contributed by atoms with van der Waals surface area (Å²) in [4.78, 5) is 19.5. The molecule has 1 aliphatic rings. The van der Waals surface area contributed by atoms with E-state index in [9.17, 15) is 4.79 Å². The van der Waals surface area contributed by atoms with Gasteiger partial charge in [-0.25, -0.2) is 9.78 Å². The molecule has 0 atom stereocenters. The maximum atomic E-state index is 11.5. The molecule has 0 N–H and O–H groups in total. The Morgan fingerprint density at radius 3 is 2.85 bits per heavy atom. The van der Waals surface area contributed by atoms with Crippen LogP contribution in [0.4, 0.5) is 4.79 Å². The summed E-state index contributed by atoms with van der Waals surface area (Å²) >= 11 is 3.48. The fraction of sp³-hybridized carbons (Fsp3) is 0.400. The minimum Gasteiger partial charge on any atom is -0.448 e. The van der Waals surface area contributed by atoms with Crippen LogP contribution < -0.4 is 0 Å². The second-order valence-electron chi connectivity index (χ2n) is 6.74. The third kappa shape index (κ3) is 3.94. The molecule has 27 heavy (non-hydrogen) atoms. The zero-order valence-corrected chi connectivity index (χ0v) is 17.2. The molecule has 3 aromatic heterocycles. The smallest absolute Gasteiger partial charge is 0.409 e. The number of ether oxygens (including phenoxy) is 1. The molecule has 0 radical (unpaired) electrons. The van der Waals surface area contributed by atoms with Crippen LogP contribution in [-0.2, 0) is 24.1 Å². The van der Waals surface area contributed by atoms with E-state index < -0.39 is 0 Å². The lowest BCUT2D eigenvalue weighted by Gasteiger charge is -2.10. The maximum Gasteiger partial charge on any atom is 0.409 e. The lowest BCUT2D eigenvalue weighted by atomic mass is 10.2. The van der Waals surface area contributed by atoms with Crippen molar-refractivity contribution in [3.8, 4) is 11.3 Å². The first kappa shape index (κ1) is 18.3. The van der Waals surface area contributed by atoms with E-state index in [0.717, 1.165) is 30.1 Å². The molecular formula is C20H23N3O2S2. The van der Waals surface area contributed by atoms with Gasteiger partial charge in [-0.15, -0.1) is 22.7 Å². The Morgan fingerprint density at radius 1 is 1.22 bits per heavy atom. The number of rotatable bonds is 7. The molecule has 1 saturated heterocycles. The van der Waals surface area contributed by atoms with E-state index in [1.807, 2.05) is 11.3 Å². The van der Waals surface area contributed by atoms with Gasteiger partial charge in [0.05, 0.1) is 17.2 Å². The monoisotopic (exact) mass is 401 g/mol. The molecule has 1 amide bonds. The Balaban J connectivity index is 1.44. The molecule has 1 fully saturated rings. The van der Waals surface area contributed by atoms with Crippen LogP contribution in [0.5, 0.6) is 0 Å².